The van der Waals surface area contributed by atoms with E-state index >= 15 is 0 Å². The highest BCUT2D eigenvalue weighted by molar-refractivity contribution is 5.74. The largest absolute Gasteiger partial charge is 0.837 e. The normalized spacial score (nSPS) is 12.4. The first-order valence-corrected chi connectivity index (χ1v) is 8.35. The fourth-order valence-corrected chi connectivity index (χ4v) is 3.04. The van der Waals surface area contributed by atoms with E-state index in [0.29, 0.717) is 22.2 Å². The Balaban J connectivity index is 1.99. The first-order chi connectivity index (χ1) is 12.8. The highest BCUT2D eigenvalue weighted by atomic mass is 19.4. The molecule has 0 spiro atoms. The maximum Gasteiger partial charge on any atom is 0.416 e. The monoisotopic (exact) mass is 372 g/mol. The SMILES string of the molecule is CC(C)c1nc2ccccc2[n+]2nn(-c3ccc(C(F)(F)F)cc3)c([O-])c12. The van der Waals surface area contributed by atoms with Gasteiger partial charge in [-0.25, -0.2) is 4.98 Å². The highest BCUT2D eigenvalue weighted by Gasteiger charge is 2.31. The van der Waals surface area contributed by atoms with Gasteiger partial charge in [0.05, 0.1) is 11.3 Å². The number of halogens is 3. The second kappa shape index (κ2) is 5.94. The molecule has 8 heteroatoms. The van der Waals surface area contributed by atoms with Crippen molar-refractivity contribution in [3.05, 3.63) is 59.8 Å². The smallest absolute Gasteiger partial charge is 0.416 e. The summed E-state index contributed by atoms with van der Waals surface area (Å²) >= 11 is 0. The van der Waals surface area contributed by atoms with Gasteiger partial charge in [-0.3, -0.25) is 0 Å². The van der Waals surface area contributed by atoms with Gasteiger partial charge in [0.2, 0.25) is 5.52 Å². The van der Waals surface area contributed by atoms with Gasteiger partial charge in [0.25, 0.3) is 0 Å². The predicted molar refractivity (Wildman–Crippen MR) is 90.6 cm³/mol. The molecule has 0 aliphatic rings. The molecule has 5 nitrogen and oxygen atoms in total. The van der Waals surface area contributed by atoms with Crippen molar-refractivity contribution in [1.29, 1.82) is 0 Å². The maximum absolute atomic E-state index is 13.0. The molecule has 0 fully saturated rings. The maximum atomic E-state index is 13.0. The predicted octanol–water partition coefficient (Wildman–Crippen LogP) is 3.38. The Morgan fingerprint density at radius 1 is 1.04 bits per heavy atom. The summed E-state index contributed by atoms with van der Waals surface area (Å²) < 4.78 is 41.0. The Bertz CT molecular complexity index is 1150. The van der Waals surface area contributed by atoms with Crippen LogP contribution in [0.3, 0.4) is 0 Å². The van der Waals surface area contributed by atoms with E-state index in [1.807, 2.05) is 32.0 Å². The van der Waals surface area contributed by atoms with E-state index in [9.17, 15) is 18.3 Å². The van der Waals surface area contributed by atoms with Crippen LogP contribution in [0.25, 0.3) is 22.2 Å². The van der Waals surface area contributed by atoms with Gasteiger partial charge in [-0.05, 0) is 36.4 Å². The zero-order chi connectivity index (χ0) is 19.3. The number of hydrogen-bond donors (Lipinski definition) is 0. The van der Waals surface area contributed by atoms with Crippen molar-refractivity contribution in [2.45, 2.75) is 25.9 Å². The van der Waals surface area contributed by atoms with Crippen molar-refractivity contribution in [2.24, 2.45) is 0 Å². The van der Waals surface area contributed by atoms with Gasteiger partial charge in [0, 0.05) is 5.92 Å². The molecular formula is C19H15F3N4O. The summed E-state index contributed by atoms with van der Waals surface area (Å²) in [5.41, 5.74) is 1.74. The van der Waals surface area contributed by atoms with Gasteiger partial charge in [-0.15, -0.1) is 4.68 Å². The van der Waals surface area contributed by atoms with Gasteiger partial charge < -0.3 is 5.11 Å². The van der Waals surface area contributed by atoms with Crippen LogP contribution in [-0.2, 0) is 6.18 Å². The van der Waals surface area contributed by atoms with Crippen LogP contribution < -0.4 is 9.62 Å². The van der Waals surface area contributed by atoms with Crippen LogP contribution in [0.4, 0.5) is 13.2 Å². The number of fused-ring (bicyclic) bond motifs is 3. The van der Waals surface area contributed by atoms with Crippen molar-refractivity contribution < 1.29 is 22.8 Å². The lowest BCUT2D eigenvalue weighted by Crippen LogP contribution is -2.28. The van der Waals surface area contributed by atoms with Crippen LogP contribution in [0.15, 0.2) is 48.5 Å². The van der Waals surface area contributed by atoms with Crippen molar-refractivity contribution in [3.8, 4) is 11.6 Å². The Labute approximate surface area is 152 Å². The Kier molecular flexibility index (Phi) is 3.80. The summed E-state index contributed by atoms with van der Waals surface area (Å²) in [5, 5.41) is 17.3. The number of nitrogens with zero attached hydrogens (tertiary/aromatic N) is 4. The van der Waals surface area contributed by atoms with Gasteiger partial charge in [-0.2, -0.15) is 13.2 Å². The lowest BCUT2D eigenvalue weighted by molar-refractivity contribution is -0.556. The first kappa shape index (κ1) is 17.3. The Morgan fingerprint density at radius 3 is 2.33 bits per heavy atom. The molecule has 0 aliphatic carbocycles. The zero-order valence-electron chi connectivity index (χ0n) is 14.5. The summed E-state index contributed by atoms with van der Waals surface area (Å²) in [7, 11) is 0. The lowest BCUT2D eigenvalue weighted by atomic mass is 10.1. The van der Waals surface area contributed by atoms with E-state index in [1.54, 1.807) is 6.07 Å². The summed E-state index contributed by atoms with van der Waals surface area (Å²) in [6.07, 6.45) is -4.44. The average molecular weight is 372 g/mol. The quantitative estimate of drug-likeness (QED) is 0.507. The minimum atomic E-state index is -4.44. The van der Waals surface area contributed by atoms with Crippen molar-refractivity contribution >= 4 is 16.6 Å². The van der Waals surface area contributed by atoms with Crippen LogP contribution in [0.1, 0.15) is 31.0 Å². The van der Waals surface area contributed by atoms with Crippen LogP contribution >= 0.6 is 0 Å². The molecule has 0 saturated heterocycles. The van der Waals surface area contributed by atoms with Gasteiger partial charge in [0.1, 0.15) is 16.6 Å². The van der Waals surface area contributed by atoms with Crippen LogP contribution in [0, 0.1) is 0 Å². The third-order valence-corrected chi connectivity index (χ3v) is 4.37. The number of rotatable bonds is 2. The van der Waals surface area contributed by atoms with Crippen LogP contribution in [0.2, 0.25) is 0 Å². The molecule has 0 saturated carbocycles. The molecule has 4 aromatic rings. The Morgan fingerprint density at radius 2 is 1.70 bits per heavy atom. The van der Waals surface area contributed by atoms with Gasteiger partial charge in [0.15, 0.2) is 11.2 Å². The molecule has 0 radical (unpaired) electrons. The molecule has 2 aromatic carbocycles. The molecule has 0 unspecified atom stereocenters. The van der Waals surface area contributed by atoms with E-state index < -0.39 is 17.6 Å². The first-order valence-electron chi connectivity index (χ1n) is 8.35. The molecule has 4 rings (SSSR count). The molecule has 0 N–H and O–H groups in total. The van der Waals surface area contributed by atoms with Gasteiger partial charge >= 0.3 is 6.18 Å². The van der Waals surface area contributed by atoms with Crippen molar-refractivity contribution in [2.75, 3.05) is 0 Å². The summed E-state index contributed by atoms with van der Waals surface area (Å²) in [6.45, 7) is 3.85. The molecular weight excluding hydrogens is 357 g/mol. The number of aromatic nitrogens is 4. The molecule has 0 bridgehead atoms. The standard InChI is InChI=1S/C19H15F3N4O/c1-11(2)16-17-18(27)25(13-9-7-12(8-10-13)19(20,21)22)24-26(17)15-6-4-3-5-14(15)23-16/h3-11H,1-2H3. The minimum absolute atomic E-state index is 0.0254. The number of para-hydroxylation sites is 2. The lowest BCUT2D eigenvalue weighted by Gasteiger charge is -2.08. The average Bonchev–Trinajstić information content (AvgIpc) is 2.98. The molecule has 27 heavy (non-hydrogen) atoms. The molecule has 0 aliphatic heterocycles. The second-order valence-electron chi connectivity index (χ2n) is 6.55. The number of alkyl halides is 3. The molecule has 138 valence electrons. The third kappa shape index (κ3) is 2.77. The minimum Gasteiger partial charge on any atom is -0.837 e. The van der Waals surface area contributed by atoms with Gasteiger partial charge in [-0.1, -0.05) is 30.5 Å². The summed E-state index contributed by atoms with van der Waals surface area (Å²) in [4.78, 5) is 4.59. The van der Waals surface area contributed by atoms with Crippen LogP contribution in [-0.4, -0.2) is 14.9 Å². The Hall–Kier alpha value is -3.16. The van der Waals surface area contributed by atoms with E-state index in [0.717, 1.165) is 16.8 Å². The molecule has 0 amide bonds. The molecule has 0 atom stereocenters. The van der Waals surface area contributed by atoms with Crippen molar-refractivity contribution in [1.82, 2.24) is 14.9 Å². The summed E-state index contributed by atoms with van der Waals surface area (Å²) in [6, 6.07) is 11.6. The third-order valence-electron chi connectivity index (χ3n) is 4.37. The van der Waals surface area contributed by atoms with E-state index in [1.165, 1.54) is 16.6 Å². The number of benzene rings is 2. The second-order valence-corrected chi connectivity index (χ2v) is 6.55. The molecule has 2 heterocycles. The fraction of sp³-hybridized carbons (Fsp3) is 0.211. The topological polar surface area (TPSA) is 57.9 Å². The van der Waals surface area contributed by atoms with E-state index in [-0.39, 0.29) is 11.6 Å². The fourth-order valence-electron chi connectivity index (χ4n) is 3.04. The van der Waals surface area contributed by atoms with E-state index in [4.69, 9.17) is 0 Å². The number of hydrogen-bond acceptors (Lipinski definition) is 3. The van der Waals surface area contributed by atoms with Crippen molar-refractivity contribution in [3.63, 3.8) is 0 Å². The zero-order valence-corrected chi connectivity index (χ0v) is 14.5. The van der Waals surface area contributed by atoms with E-state index in [2.05, 4.69) is 10.2 Å². The molecule has 2 aromatic heterocycles. The van der Waals surface area contributed by atoms with Crippen LogP contribution in [0.5, 0.6) is 5.88 Å². The highest BCUT2D eigenvalue weighted by Crippen LogP contribution is 2.31. The summed E-state index contributed by atoms with van der Waals surface area (Å²) in [5.74, 6) is -0.445.